The van der Waals surface area contributed by atoms with Gasteiger partial charge in [-0.1, -0.05) is 6.92 Å². The molecule has 1 fully saturated rings. The van der Waals surface area contributed by atoms with E-state index >= 15 is 0 Å². The lowest BCUT2D eigenvalue weighted by Gasteiger charge is -2.36. The lowest BCUT2D eigenvalue weighted by molar-refractivity contribution is -0.192. The number of methoxy groups -OCH3 is 1. The maximum absolute atomic E-state index is 13.0. The molecular weight excluding hydrogens is 573 g/mol. The average Bonchev–Trinajstić information content (AvgIpc) is 2.92. The highest BCUT2D eigenvalue weighted by Crippen LogP contribution is 2.31. The standard InChI is InChI=1S/C23H30N4O6S.C2HF3O2/c1-3-10-24-22(28)16-26-11-13-27(14-12-26)21-9-4-17(23(29)30)15-20(21)25-34(31,32)19-7-5-18(33-2)6-8-19;3-2(4,5)1(6)7/h4-9,15,25H,3,10-14,16H2,1-2H3,(H,24,28)(H,29,30);(H,6,7). The van der Waals surface area contributed by atoms with Crippen molar-refractivity contribution in [3.8, 4) is 5.75 Å². The minimum Gasteiger partial charge on any atom is -0.497 e. The third kappa shape index (κ3) is 10.1. The number of piperazine rings is 1. The minimum atomic E-state index is -5.08. The number of amides is 1. The highest BCUT2D eigenvalue weighted by Gasteiger charge is 2.38. The van der Waals surface area contributed by atoms with E-state index in [1.807, 2.05) is 16.7 Å². The van der Waals surface area contributed by atoms with Crippen LogP contribution in [-0.4, -0.2) is 93.9 Å². The molecule has 0 bridgehead atoms. The summed E-state index contributed by atoms with van der Waals surface area (Å²) in [7, 11) is -2.48. The van der Waals surface area contributed by atoms with Crippen LogP contribution in [0.15, 0.2) is 47.4 Å². The first kappa shape index (κ1) is 33.2. The first-order chi connectivity index (χ1) is 19.2. The predicted octanol–water partition coefficient (Wildman–Crippen LogP) is 2.48. The second kappa shape index (κ2) is 14.5. The highest BCUT2D eigenvalue weighted by atomic mass is 32.2. The molecule has 2 aromatic rings. The van der Waals surface area contributed by atoms with Gasteiger partial charge in [0.15, 0.2) is 0 Å². The highest BCUT2D eigenvalue weighted by molar-refractivity contribution is 7.92. The Morgan fingerprint density at radius 2 is 1.59 bits per heavy atom. The molecule has 2 aromatic carbocycles. The van der Waals surface area contributed by atoms with E-state index in [-0.39, 0.29) is 22.1 Å². The van der Waals surface area contributed by atoms with E-state index in [0.29, 0.717) is 50.7 Å². The largest absolute Gasteiger partial charge is 0.497 e. The first-order valence-corrected chi connectivity index (χ1v) is 13.7. The molecule has 0 aromatic heterocycles. The number of nitrogens with one attached hydrogen (secondary N) is 2. The Morgan fingerprint density at radius 1 is 1.00 bits per heavy atom. The number of carbonyl (C=O) groups is 3. The van der Waals surface area contributed by atoms with Crippen LogP contribution in [0.4, 0.5) is 24.5 Å². The van der Waals surface area contributed by atoms with Crippen molar-refractivity contribution in [3.05, 3.63) is 48.0 Å². The zero-order valence-corrected chi connectivity index (χ0v) is 23.1. The van der Waals surface area contributed by atoms with Gasteiger partial charge >= 0.3 is 18.1 Å². The fourth-order valence-electron chi connectivity index (χ4n) is 3.66. The van der Waals surface area contributed by atoms with Crippen molar-refractivity contribution in [2.45, 2.75) is 24.4 Å². The lowest BCUT2D eigenvalue weighted by Crippen LogP contribution is -2.49. The smallest absolute Gasteiger partial charge is 0.490 e. The number of halogens is 3. The van der Waals surface area contributed by atoms with Crippen molar-refractivity contribution >= 4 is 39.2 Å². The number of aliphatic carboxylic acids is 1. The monoisotopic (exact) mass is 604 g/mol. The van der Waals surface area contributed by atoms with E-state index in [1.165, 1.54) is 31.4 Å². The molecule has 226 valence electrons. The van der Waals surface area contributed by atoms with Crippen LogP contribution in [0.25, 0.3) is 0 Å². The molecule has 4 N–H and O–H groups in total. The molecule has 1 saturated heterocycles. The summed E-state index contributed by atoms with van der Waals surface area (Å²) in [4.78, 5) is 36.5. The van der Waals surface area contributed by atoms with Gasteiger partial charge in [-0.25, -0.2) is 18.0 Å². The third-order valence-electron chi connectivity index (χ3n) is 5.75. The molecule has 41 heavy (non-hydrogen) atoms. The number of rotatable bonds is 10. The molecule has 0 aliphatic carbocycles. The van der Waals surface area contributed by atoms with Gasteiger partial charge in [0, 0.05) is 32.7 Å². The Hall–Kier alpha value is -4.05. The number of carbonyl (C=O) groups excluding carboxylic acids is 1. The van der Waals surface area contributed by atoms with Gasteiger partial charge in [-0.2, -0.15) is 13.2 Å². The van der Waals surface area contributed by atoms with Gasteiger partial charge in [-0.05, 0) is 48.9 Å². The summed E-state index contributed by atoms with van der Waals surface area (Å²) in [6.07, 6.45) is -4.21. The summed E-state index contributed by atoms with van der Waals surface area (Å²) < 4.78 is 65.4. The quantitative estimate of drug-likeness (QED) is 0.317. The van der Waals surface area contributed by atoms with Crippen molar-refractivity contribution in [2.75, 3.05) is 56.0 Å². The summed E-state index contributed by atoms with van der Waals surface area (Å²) in [5.74, 6) is -3.41. The molecule has 1 aliphatic rings. The number of carboxylic acid groups (broad SMARTS) is 2. The third-order valence-corrected chi connectivity index (χ3v) is 7.13. The second-order valence-electron chi connectivity index (χ2n) is 8.73. The number of alkyl halides is 3. The lowest BCUT2D eigenvalue weighted by atomic mass is 10.1. The Bertz CT molecular complexity index is 1310. The van der Waals surface area contributed by atoms with Crippen LogP contribution in [0.2, 0.25) is 0 Å². The van der Waals surface area contributed by atoms with E-state index < -0.39 is 28.1 Å². The van der Waals surface area contributed by atoms with Gasteiger partial charge in [0.05, 0.1) is 35.5 Å². The van der Waals surface area contributed by atoms with Gasteiger partial charge in [-0.3, -0.25) is 14.4 Å². The summed E-state index contributed by atoms with van der Waals surface area (Å²) in [5, 5.41) is 19.4. The first-order valence-electron chi connectivity index (χ1n) is 12.3. The summed E-state index contributed by atoms with van der Waals surface area (Å²) >= 11 is 0. The number of aromatic carboxylic acids is 1. The molecule has 1 amide bonds. The molecule has 3 rings (SSSR count). The van der Waals surface area contributed by atoms with Gasteiger partial charge < -0.3 is 25.2 Å². The summed E-state index contributed by atoms with van der Waals surface area (Å²) in [6.45, 7) is 5.30. The predicted molar refractivity (Wildman–Crippen MR) is 143 cm³/mol. The molecule has 1 heterocycles. The van der Waals surface area contributed by atoms with E-state index in [9.17, 15) is 36.3 Å². The molecule has 0 saturated carbocycles. The van der Waals surface area contributed by atoms with Gasteiger partial charge in [0.25, 0.3) is 10.0 Å². The number of carboxylic acids is 2. The molecule has 0 atom stereocenters. The minimum absolute atomic E-state index is 0.0194. The Morgan fingerprint density at radius 3 is 2.07 bits per heavy atom. The normalized spacial score (nSPS) is 13.9. The summed E-state index contributed by atoms with van der Waals surface area (Å²) in [6, 6.07) is 10.3. The molecule has 16 heteroatoms. The second-order valence-corrected chi connectivity index (χ2v) is 10.4. The zero-order chi connectivity index (χ0) is 30.8. The van der Waals surface area contributed by atoms with Crippen LogP contribution in [0, 0.1) is 0 Å². The molecule has 1 aliphatic heterocycles. The van der Waals surface area contributed by atoms with Gasteiger partial charge in [0.1, 0.15) is 5.75 Å². The van der Waals surface area contributed by atoms with Gasteiger partial charge in [-0.15, -0.1) is 0 Å². The maximum atomic E-state index is 13.0. The van der Waals surface area contributed by atoms with Crippen LogP contribution < -0.4 is 19.7 Å². The number of nitrogens with zero attached hydrogens (tertiary/aromatic N) is 2. The number of ether oxygens (including phenoxy) is 1. The molecule has 0 spiro atoms. The van der Waals surface area contributed by atoms with Gasteiger partial charge in [0.2, 0.25) is 5.91 Å². The number of benzene rings is 2. The Balaban J connectivity index is 0.000000745. The number of sulfonamides is 1. The van der Waals surface area contributed by atoms with Crippen molar-refractivity contribution in [2.24, 2.45) is 0 Å². The van der Waals surface area contributed by atoms with Crippen molar-refractivity contribution in [1.82, 2.24) is 10.2 Å². The van der Waals surface area contributed by atoms with Crippen molar-refractivity contribution < 1.29 is 50.9 Å². The van der Waals surface area contributed by atoms with Crippen LogP contribution in [0.3, 0.4) is 0 Å². The fraction of sp³-hybridized carbons (Fsp3) is 0.400. The molecular formula is C25H31F3N4O8S. The van der Waals surface area contributed by atoms with E-state index in [1.54, 1.807) is 18.2 Å². The average molecular weight is 605 g/mol. The molecule has 12 nitrogen and oxygen atoms in total. The SMILES string of the molecule is CCCNC(=O)CN1CCN(c2ccc(C(=O)O)cc2NS(=O)(=O)c2ccc(OC)cc2)CC1.O=C(O)C(F)(F)F. The van der Waals surface area contributed by atoms with E-state index in [0.717, 1.165) is 6.42 Å². The zero-order valence-electron chi connectivity index (χ0n) is 22.3. The Labute approximate surface area is 234 Å². The van der Waals surface area contributed by atoms with Crippen molar-refractivity contribution in [1.29, 1.82) is 0 Å². The van der Waals surface area contributed by atoms with Crippen LogP contribution in [0.1, 0.15) is 23.7 Å². The van der Waals surface area contributed by atoms with E-state index in [2.05, 4.69) is 10.0 Å². The fourth-order valence-corrected chi connectivity index (χ4v) is 4.72. The number of anilines is 2. The van der Waals surface area contributed by atoms with Crippen molar-refractivity contribution in [3.63, 3.8) is 0 Å². The maximum Gasteiger partial charge on any atom is 0.490 e. The number of hydrogen-bond donors (Lipinski definition) is 4. The summed E-state index contributed by atoms with van der Waals surface area (Å²) in [5.41, 5.74) is 0.740. The molecule has 0 unspecified atom stereocenters. The van der Waals surface area contributed by atoms with Crippen LogP contribution >= 0.6 is 0 Å². The van der Waals surface area contributed by atoms with E-state index in [4.69, 9.17) is 14.6 Å². The topological polar surface area (TPSA) is 166 Å². The van der Waals surface area contributed by atoms with Crippen LogP contribution in [-0.2, 0) is 19.6 Å². The van der Waals surface area contributed by atoms with Crippen LogP contribution in [0.5, 0.6) is 5.75 Å². The Kier molecular flexibility index (Phi) is 11.8. The molecule has 0 radical (unpaired) electrons. The number of hydrogen-bond acceptors (Lipinski definition) is 8.